The van der Waals surface area contributed by atoms with E-state index in [9.17, 15) is 9.59 Å². The molecule has 0 aliphatic carbocycles. The molecule has 3 saturated heterocycles. The number of carbonyl (C=O) groups is 2. The lowest BCUT2D eigenvalue weighted by molar-refractivity contribution is -0.506. The van der Waals surface area contributed by atoms with Crippen LogP contribution in [0.4, 0.5) is 0 Å². The van der Waals surface area contributed by atoms with Crippen molar-refractivity contribution in [3.63, 3.8) is 0 Å². The van der Waals surface area contributed by atoms with Crippen LogP contribution in [0.2, 0.25) is 0 Å². The van der Waals surface area contributed by atoms with E-state index in [1.54, 1.807) is 6.92 Å². The Morgan fingerprint density at radius 2 is 1.38 bits per heavy atom. The normalized spacial score (nSPS) is 52.2. The number of hydrogen-bond donors (Lipinski definition) is 0. The Balaban J connectivity index is 2.28. The lowest BCUT2D eigenvalue weighted by Gasteiger charge is -2.58. The van der Waals surface area contributed by atoms with Crippen LogP contribution in [0, 0.1) is 5.92 Å². The number of carbonyl (C=O) groups excluding carboxylic acids is 2. The molecule has 24 heavy (non-hydrogen) atoms. The van der Waals surface area contributed by atoms with Crippen LogP contribution in [-0.2, 0) is 42.7 Å². The quantitative estimate of drug-likeness (QED) is 0.668. The monoisotopic (exact) mass is 346 g/mol. The van der Waals surface area contributed by atoms with E-state index in [-0.39, 0.29) is 0 Å². The van der Waals surface area contributed by atoms with Crippen LogP contribution in [0.1, 0.15) is 27.7 Å². The van der Waals surface area contributed by atoms with Gasteiger partial charge in [0.1, 0.15) is 0 Å². The van der Waals surface area contributed by atoms with Crippen molar-refractivity contribution in [2.45, 2.75) is 56.4 Å². The van der Waals surface area contributed by atoms with Crippen LogP contribution in [0.15, 0.2) is 0 Å². The van der Waals surface area contributed by atoms with Gasteiger partial charge in [0.15, 0.2) is 17.5 Å². The van der Waals surface area contributed by atoms with Crippen LogP contribution >= 0.6 is 0 Å². The standard InChI is InChI=1S/C15H22O9/c1-11-8(9(16)18-5)12(2)23-14(4,22-11)15(24-12,10(17)19-6)13(3,20-7)21-11/h8H,1-7H3/t8-,11-,12-,13-,14+,15+/m1/s1. The second-order valence-electron chi connectivity index (χ2n) is 6.66. The first-order valence-electron chi connectivity index (χ1n) is 7.49. The van der Waals surface area contributed by atoms with E-state index in [1.165, 1.54) is 42.1 Å². The lowest BCUT2D eigenvalue weighted by atomic mass is 9.81. The van der Waals surface area contributed by atoms with Gasteiger partial charge >= 0.3 is 11.9 Å². The zero-order valence-corrected chi connectivity index (χ0v) is 14.8. The van der Waals surface area contributed by atoms with Crippen LogP contribution in [0.3, 0.4) is 0 Å². The maximum absolute atomic E-state index is 12.7. The molecule has 3 bridgehead atoms. The molecule has 0 amide bonds. The van der Waals surface area contributed by atoms with E-state index in [0.29, 0.717) is 0 Å². The largest absolute Gasteiger partial charge is 0.468 e. The summed E-state index contributed by atoms with van der Waals surface area (Å²) in [6, 6.07) is 0. The Labute approximate surface area is 139 Å². The summed E-state index contributed by atoms with van der Waals surface area (Å²) < 4.78 is 39.1. The van der Waals surface area contributed by atoms with Crippen molar-refractivity contribution >= 4 is 11.9 Å². The zero-order chi connectivity index (χ0) is 18.2. The first-order chi connectivity index (χ1) is 11.0. The number of hydrogen-bond acceptors (Lipinski definition) is 9. The minimum absolute atomic E-state index is 0.664. The maximum atomic E-state index is 12.7. The second-order valence-corrected chi connectivity index (χ2v) is 6.66. The first-order valence-corrected chi connectivity index (χ1v) is 7.49. The van der Waals surface area contributed by atoms with Crippen molar-refractivity contribution < 1.29 is 42.7 Å². The van der Waals surface area contributed by atoms with Gasteiger partial charge in [0, 0.05) is 7.11 Å². The zero-order valence-electron chi connectivity index (χ0n) is 14.8. The highest BCUT2D eigenvalue weighted by Gasteiger charge is 2.88. The summed E-state index contributed by atoms with van der Waals surface area (Å²) in [5.74, 6) is -8.87. The van der Waals surface area contributed by atoms with Gasteiger partial charge in [0.25, 0.3) is 5.60 Å². The van der Waals surface area contributed by atoms with Crippen molar-refractivity contribution in [1.82, 2.24) is 0 Å². The van der Waals surface area contributed by atoms with Crippen LogP contribution in [0.25, 0.3) is 0 Å². The Hall–Kier alpha value is -1.26. The Morgan fingerprint density at radius 1 is 0.833 bits per heavy atom. The van der Waals surface area contributed by atoms with Gasteiger partial charge in [-0.1, -0.05) is 0 Å². The van der Waals surface area contributed by atoms with Crippen LogP contribution < -0.4 is 0 Å². The molecule has 0 unspecified atom stereocenters. The van der Waals surface area contributed by atoms with Gasteiger partial charge in [0.05, 0.1) is 14.2 Å². The van der Waals surface area contributed by atoms with E-state index < -0.39 is 46.6 Å². The fourth-order valence-electron chi connectivity index (χ4n) is 4.34. The first kappa shape index (κ1) is 17.6. The van der Waals surface area contributed by atoms with Gasteiger partial charge in [-0.05, 0) is 27.7 Å². The average Bonchev–Trinajstić information content (AvgIpc) is 2.66. The highest BCUT2D eigenvalue weighted by atomic mass is 16.9. The highest BCUT2D eigenvalue weighted by Crippen LogP contribution is 2.66. The molecule has 9 heteroatoms. The van der Waals surface area contributed by atoms with E-state index in [0.717, 1.165) is 0 Å². The molecule has 3 rings (SSSR count). The molecule has 3 aliphatic heterocycles. The Kier molecular flexibility index (Phi) is 3.42. The minimum Gasteiger partial charge on any atom is -0.468 e. The van der Waals surface area contributed by atoms with Crippen molar-refractivity contribution in [3.8, 4) is 0 Å². The van der Waals surface area contributed by atoms with E-state index in [4.69, 9.17) is 33.2 Å². The third kappa shape index (κ3) is 1.66. The molecule has 3 heterocycles. The molecule has 9 nitrogen and oxygen atoms in total. The molecule has 136 valence electrons. The van der Waals surface area contributed by atoms with Gasteiger partial charge < -0.3 is 33.2 Å². The third-order valence-corrected chi connectivity index (χ3v) is 5.18. The summed E-state index contributed by atoms with van der Waals surface area (Å²) in [6.45, 7) is 6.13. The van der Waals surface area contributed by atoms with E-state index in [2.05, 4.69) is 0 Å². The van der Waals surface area contributed by atoms with Gasteiger partial charge in [-0.15, -0.1) is 0 Å². The fourth-order valence-corrected chi connectivity index (χ4v) is 4.34. The molecule has 3 fully saturated rings. The predicted octanol–water partition coefficient (Wildman–Crippen LogP) is 0.306. The summed E-state index contributed by atoms with van der Waals surface area (Å²) in [5.41, 5.74) is -1.90. The molecule has 0 saturated carbocycles. The molecule has 0 aromatic rings. The number of methoxy groups -OCH3 is 3. The molecule has 0 spiro atoms. The van der Waals surface area contributed by atoms with Gasteiger partial charge in [-0.2, -0.15) is 0 Å². The molecule has 0 aromatic carbocycles. The van der Waals surface area contributed by atoms with E-state index in [1.807, 2.05) is 0 Å². The van der Waals surface area contributed by atoms with Gasteiger partial charge in [-0.3, -0.25) is 4.79 Å². The molecule has 3 aliphatic rings. The van der Waals surface area contributed by atoms with Crippen molar-refractivity contribution in [3.05, 3.63) is 0 Å². The van der Waals surface area contributed by atoms with Crippen molar-refractivity contribution in [1.29, 1.82) is 0 Å². The Bertz CT molecular complexity index is 602. The van der Waals surface area contributed by atoms with Gasteiger partial charge in [0.2, 0.25) is 11.6 Å². The molecule has 0 radical (unpaired) electrons. The van der Waals surface area contributed by atoms with Crippen LogP contribution in [0.5, 0.6) is 0 Å². The lowest BCUT2D eigenvalue weighted by Crippen LogP contribution is -2.79. The summed E-state index contributed by atoms with van der Waals surface area (Å²) >= 11 is 0. The fraction of sp³-hybridized carbons (Fsp3) is 0.867. The third-order valence-electron chi connectivity index (χ3n) is 5.18. The molecule has 0 aromatic heterocycles. The maximum Gasteiger partial charge on any atom is 0.349 e. The summed E-state index contributed by atoms with van der Waals surface area (Å²) in [5, 5.41) is 0. The average molecular weight is 346 g/mol. The number of esters is 2. The number of ether oxygens (including phenoxy) is 7. The van der Waals surface area contributed by atoms with E-state index >= 15 is 0 Å². The topological polar surface area (TPSA) is 98.8 Å². The molecule has 6 atom stereocenters. The Morgan fingerprint density at radius 3 is 1.83 bits per heavy atom. The molecular weight excluding hydrogens is 324 g/mol. The smallest absolute Gasteiger partial charge is 0.349 e. The van der Waals surface area contributed by atoms with Crippen LogP contribution in [-0.4, -0.2) is 62.0 Å². The SMILES string of the molecule is COC(=O)[C@@H]1[C@@]2(C)O[C@@]3(C)O[C@]1(C)O[C@@]3(C(=O)OC)[C@](C)(OC)O2. The summed E-state index contributed by atoms with van der Waals surface area (Å²) in [4.78, 5) is 25.1. The second kappa shape index (κ2) is 4.67. The van der Waals surface area contributed by atoms with Crippen molar-refractivity contribution in [2.24, 2.45) is 5.92 Å². The number of rotatable bonds is 3. The molecule has 0 N–H and O–H groups in total. The molecular formula is C15H22O9. The van der Waals surface area contributed by atoms with Crippen molar-refractivity contribution in [2.75, 3.05) is 21.3 Å². The summed E-state index contributed by atoms with van der Waals surface area (Å²) in [7, 11) is 3.79. The van der Waals surface area contributed by atoms with Gasteiger partial charge in [-0.25, -0.2) is 4.79 Å². The minimum atomic E-state index is -1.90. The summed E-state index contributed by atoms with van der Waals surface area (Å²) in [6.07, 6.45) is 0. The predicted molar refractivity (Wildman–Crippen MR) is 75.2 cm³/mol. The number of fused-ring (bicyclic) bond motifs is 2. The highest BCUT2D eigenvalue weighted by molar-refractivity contribution is 5.84.